The summed E-state index contributed by atoms with van der Waals surface area (Å²) < 4.78 is 0. The van der Waals surface area contributed by atoms with Crippen LogP contribution in [0.25, 0.3) is 0 Å². The highest BCUT2D eigenvalue weighted by Gasteiger charge is 2.20. The van der Waals surface area contributed by atoms with E-state index in [-0.39, 0.29) is 16.7 Å². The molecule has 0 fully saturated rings. The number of carbonyl (C=O) groups excluding carboxylic acids is 1. The Bertz CT molecular complexity index is 707. The molecule has 1 aromatic heterocycles. The highest BCUT2D eigenvalue weighted by Crippen LogP contribution is 2.25. The summed E-state index contributed by atoms with van der Waals surface area (Å²) in [7, 11) is 0. The van der Waals surface area contributed by atoms with E-state index in [1.807, 2.05) is 39.0 Å². The summed E-state index contributed by atoms with van der Waals surface area (Å²) in [4.78, 5) is 30.5. The van der Waals surface area contributed by atoms with Gasteiger partial charge in [0.25, 0.3) is 5.56 Å². The van der Waals surface area contributed by atoms with Gasteiger partial charge in [0.15, 0.2) is 5.16 Å². The third-order valence-corrected chi connectivity index (χ3v) is 4.56. The Morgan fingerprint density at radius 2 is 2.00 bits per heavy atom. The molecule has 0 bridgehead atoms. The first-order chi connectivity index (χ1) is 10.5. The topological polar surface area (TPSA) is 74.8 Å². The molecule has 1 heterocycles. The molecule has 0 saturated carbocycles. The quantitative estimate of drug-likeness (QED) is 0.657. The van der Waals surface area contributed by atoms with Crippen LogP contribution in [0.15, 0.2) is 40.4 Å². The lowest BCUT2D eigenvalue weighted by Crippen LogP contribution is -2.26. The molecule has 2 rings (SSSR count). The van der Waals surface area contributed by atoms with Crippen LogP contribution < -0.4 is 10.9 Å². The lowest BCUT2D eigenvalue weighted by Gasteiger charge is -2.16. The van der Waals surface area contributed by atoms with Crippen LogP contribution >= 0.6 is 11.8 Å². The van der Waals surface area contributed by atoms with Crippen LogP contribution in [0.2, 0.25) is 0 Å². The monoisotopic (exact) mass is 317 g/mol. The summed E-state index contributed by atoms with van der Waals surface area (Å²) in [5.41, 5.74) is 2.68. The molecule has 5 nitrogen and oxygen atoms in total. The lowest BCUT2D eigenvalue weighted by atomic mass is 10.1. The van der Waals surface area contributed by atoms with E-state index >= 15 is 0 Å². The van der Waals surface area contributed by atoms with E-state index < -0.39 is 0 Å². The third-order valence-electron chi connectivity index (χ3n) is 3.29. The van der Waals surface area contributed by atoms with Crippen molar-refractivity contribution in [3.8, 4) is 0 Å². The second-order valence-electron chi connectivity index (χ2n) is 5.01. The number of aryl methyl sites for hydroxylation is 2. The number of benzene rings is 1. The van der Waals surface area contributed by atoms with E-state index in [9.17, 15) is 9.59 Å². The molecular weight excluding hydrogens is 298 g/mol. The van der Waals surface area contributed by atoms with Crippen molar-refractivity contribution in [2.45, 2.75) is 37.6 Å². The van der Waals surface area contributed by atoms with Crippen LogP contribution in [0.1, 0.15) is 24.5 Å². The fourth-order valence-electron chi connectivity index (χ4n) is 2.08. The van der Waals surface area contributed by atoms with Crippen molar-refractivity contribution in [1.29, 1.82) is 0 Å². The number of carbonyl (C=O) groups is 1. The van der Waals surface area contributed by atoms with Gasteiger partial charge in [0.2, 0.25) is 5.91 Å². The molecule has 6 heteroatoms. The van der Waals surface area contributed by atoms with E-state index in [0.29, 0.717) is 11.6 Å². The fourth-order valence-corrected chi connectivity index (χ4v) is 2.97. The molecule has 2 N–H and O–H groups in total. The number of nitrogens with zero attached hydrogens (tertiary/aromatic N) is 1. The first-order valence-corrected chi connectivity index (χ1v) is 7.98. The summed E-state index contributed by atoms with van der Waals surface area (Å²) in [6.45, 7) is 5.86. The molecule has 0 aliphatic heterocycles. The van der Waals surface area contributed by atoms with Gasteiger partial charge in [-0.2, -0.15) is 0 Å². The van der Waals surface area contributed by atoms with Gasteiger partial charge in [0.05, 0.1) is 5.25 Å². The maximum absolute atomic E-state index is 12.5. The van der Waals surface area contributed by atoms with Crippen molar-refractivity contribution in [3.05, 3.63) is 51.9 Å². The van der Waals surface area contributed by atoms with Gasteiger partial charge in [-0.05, 0) is 31.4 Å². The van der Waals surface area contributed by atoms with Gasteiger partial charge >= 0.3 is 0 Å². The molecule has 1 amide bonds. The second kappa shape index (κ2) is 7.26. The van der Waals surface area contributed by atoms with Gasteiger partial charge in [-0.3, -0.25) is 9.59 Å². The highest BCUT2D eigenvalue weighted by atomic mass is 32.2. The van der Waals surface area contributed by atoms with Crippen molar-refractivity contribution >= 4 is 23.4 Å². The zero-order valence-electron chi connectivity index (χ0n) is 12.8. The number of amides is 1. The minimum absolute atomic E-state index is 0.0867. The number of aromatic nitrogens is 2. The normalized spacial score (nSPS) is 12.0. The molecule has 0 aliphatic carbocycles. The molecule has 2 aromatic rings. The van der Waals surface area contributed by atoms with Crippen LogP contribution in [-0.4, -0.2) is 21.1 Å². The number of H-pyrrole nitrogens is 1. The zero-order valence-corrected chi connectivity index (χ0v) is 13.7. The number of aromatic amines is 1. The molecular formula is C16H19N3O2S. The molecule has 1 atom stereocenters. The fraction of sp³-hybridized carbons (Fsp3) is 0.312. The van der Waals surface area contributed by atoms with Crippen LogP contribution in [0.3, 0.4) is 0 Å². The Labute approximate surface area is 133 Å². The first kappa shape index (κ1) is 16.3. The Kier molecular flexibility index (Phi) is 5.38. The van der Waals surface area contributed by atoms with Crippen molar-refractivity contribution < 1.29 is 4.79 Å². The minimum atomic E-state index is -0.315. The second-order valence-corrected chi connectivity index (χ2v) is 6.20. The number of anilines is 1. The molecule has 0 aliphatic rings. The number of nitrogens with one attached hydrogen (secondary N) is 2. The summed E-state index contributed by atoms with van der Waals surface area (Å²) in [6, 6.07) is 7.24. The zero-order chi connectivity index (χ0) is 16.1. The standard InChI is InChI=1S/C16H19N3O2S/c1-4-12(22-16-17-9-8-13(20)18-16)15(21)19-14-10(2)6-5-7-11(14)3/h5-9,12H,4H2,1-3H3,(H,19,21)(H,17,18,20). The van der Waals surface area contributed by atoms with Crippen molar-refractivity contribution in [2.75, 3.05) is 5.32 Å². The molecule has 0 saturated heterocycles. The number of hydrogen-bond donors (Lipinski definition) is 2. The Hall–Kier alpha value is -2.08. The average Bonchev–Trinajstić information content (AvgIpc) is 2.48. The maximum Gasteiger partial charge on any atom is 0.251 e. The summed E-state index contributed by atoms with van der Waals surface area (Å²) in [6.07, 6.45) is 2.08. The van der Waals surface area contributed by atoms with Crippen LogP contribution in [0.4, 0.5) is 5.69 Å². The SMILES string of the molecule is CCC(Sc1nccc(=O)[nH]1)C(=O)Nc1c(C)cccc1C. The predicted octanol–water partition coefficient (Wildman–Crippen LogP) is 2.90. The van der Waals surface area contributed by atoms with Gasteiger partial charge < -0.3 is 10.3 Å². The summed E-state index contributed by atoms with van der Waals surface area (Å²) in [5, 5.41) is 3.12. The molecule has 0 spiro atoms. The number of thioether (sulfide) groups is 1. The van der Waals surface area contributed by atoms with Crippen LogP contribution in [-0.2, 0) is 4.79 Å². The molecule has 1 unspecified atom stereocenters. The largest absolute Gasteiger partial charge is 0.325 e. The van der Waals surface area contributed by atoms with Crippen molar-refractivity contribution in [3.63, 3.8) is 0 Å². The number of hydrogen-bond acceptors (Lipinski definition) is 4. The van der Waals surface area contributed by atoms with Gasteiger partial charge in [-0.25, -0.2) is 4.98 Å². The number of rotatable bonds is 5. The van der Waals surface area contributed by atoms with Gasteiger partial charge in [-0.1, -0.05) is 36.9 Å². The Morgan fingerprint density at radius 1 is 1.32 bits per heavy atom. The first-order valence-electron chi connectivity index (χ1n) is 7.10. The molecule has 22 heavy (non-hydrogen) atoms. The maximum atomic E-state index is 12.5. The minimum Gasteiger partial charge on any atom is -0.325 e. The van der Waals surface area contributed by atoms with E-state index in [0.717, 1.165) is 16.8 Å². The van der Waals surface area contributed by atoms with Crippen LogP contribution in [0, 0.1) is 13.8 Å². The van der Waals surface area contributed by atoms with E-state index in [2.05, 4.69) is 15.3 Å². The summed E-state index contributed by atoms with van der Waals surface area (Å²) in [5.74, 6) is -0.0867. The van der Waals surface area contributed by atoms with Gasteiger partial charge in [-0.15, -0.1) is 0 Å². The molecule has 116 valence electrons. The summed E-state index contributed by atoms with van der Waals surface area (Å²) >= 11 is 1.26. The van der Waals surface area contributed by atoms with Gasteiger partial charge in [0.1, 0.15) is 0 Å². The third kappa shape index (κ3) is 3.98. The van der Waals surface area contributed by atoms with Gasteiger partial charge in [0, 0.05) is 18.0 Å². The van der Waals surface area contributed by atoms with Crippen molar-refractivity contribution in [2.24, 2.45) is 0 Å². The van der Waals surface area contributed by atoms with E-state index in [1.165, 1.54) is 24.0 Å². The molecule has 0 radical (unpaired) electrons. The predicted molar refractivity (Wildman–Crippen MR) is 89.3 cm³/mol. The number of para-hydroxylation sites is 1. The molecule has 1 aromatic carbocycles. The Balaban J connectivity index is 2.14. The average molecular weight is 317 g/mol. The Morgan fingerprint density at radius 3 is 2.59 bits per heavy atom. The van der Waals surface area contributed by atoms with E-state index in [4.69, 9.17) is 0 Å². The smallest absolute Gasteiger partial charge is 0.251 e. The highest BCUT2D eigenvalue weighted by molar-refractivity contribution is 8.00. The van der Waals surface area contributed by atoms with Crippen LogP contribution in [0.5, 0.6) is 0 Å². The lowest BCUT2D eigenvalue weighted by molar-refractivity contribution is -0.115. The van der Waals surface area contributed by atoms with Crippen molar-refractivity contribution in [1.82, 2.24) is 9.97 Å². The van der Waals surface area contributed by atoms with E-state index in [1.54, 1.807) is 0 Å².